The number of benzene rings is 1. The second-order valence-corrected chi connectivity index (χ2v) is 8.60. The van der Waals surface area contributed by atoms with Gasteiger partial charge in [0.05, 0.1) is 14.4 Å². The van der Waals surface area contributed by atoms with Crippen LogP contribution in [0.1, 0.15) is 10.4 Å². The Hall–Kier alpha value is -2.29. The third-order valence-corrected chi connectivity index (χ3v) is 5.35. The van der Waals surface area contributed by atoms with Gasteiger partial charge in [-0.25, -0.2) is 9.97 Å². The molecule has 0 saturated heterocycles. The lowest BCUT2D eigenvalue weighted by Crippen LogP contribution is -2.31. The van der Waals surface area contributed by atoms with Crippen LogP contribution in [0.4, 0.5) is 11.6 Å². The summed E-state index contributed by atoms with van der Waals surface area (Å²) in [5, 5.41) is 6.08. The minimum atomic E-state index is -0.0985. The highest BCUT2D eigenvalue weighted by molar-refractivity contribution is 9.11. The first-order chi connectivity index (χ1) is 13.0. The quantitative estimate of drug-likeness (QED) is 0.574. The Balaban J connectivity index is 1.70. The van der Waals surface area contributed by atoms with E-state index in [2.05, 4.69) is 36.5 Å². The predicted octanol–water partition coefficient (Wildman–Crippen LogP) is 4.00. The molecule has 6 nitrogen and oxygen atoms in total. The first-order valence-electron chi connectivity index (χ1n) is 8.40. The molecule has 27 heavy (non-hydrogen) atoms. The second-order valence-electron chi connectivity index (χ2n) is 6.13. The van der Waals surface area contributed by atoms with Crippen molar-refractivity contribution in [2.75, 3.05) is 32.5 Å². The van der Waals surface area contributed by atoms with E-state index in [1.807, 2.05) is 49.3 Å². The molecule has 0 bridgehead atoms. The van der Waals surface area contributed by atoms with Crippen LogP contribution in [0.15, 0.2) is 52.4 Å². The fraction of sp³-hybridized carbons (Fsp3) is 0.211. The van der Waals surface area contributed by atoms with Gasteiger partial charge >= 0.3 is 0 Å². The van der Waals surface area contributed by atoms with E-state index in [-0.39, 0.29) is 5.91 Å². The van der Waals surface area contributed by atoms with E-state index in [1.54, 1.807) is 29.7 Å². The highest BCUT2D eigenvalue weighted by atomic mass is 79.9. The standard InChI is InChI=1S/C19H20BrN5OS/c1-25(2)11-10-21-18(26)13-4-3-5-14(12-13)23-19-22-9-8-15(24-19)16-6-7-17(20)27-16/h3-9,12H,10-11H2,1-2H3,(H,21,26)(H,22,23,24). The van der Waals surface area contributed by atoms with Gasteiger partial charge in [0.15, 0.2) is 0 Å². The van der Waals surface area contributed by atoms with Crippen molar-refractivity contribution >= 4 is 44.8 Å². The number of hydrogen-bond donors (Lipinski definition) is 2. The Bertz CT molecular complexity index is 928. The van der Waals surface area contributed by atoms with Crippen molar-refractivity contribution in [1.82, 2.24) is 20.2 Å². The van der Waals surface area contributed by atoms with E-state index in [0.717, 1.165) is 26.6 Å². The van der Waals surface area contributed by atoms with Crippen LogP contribution in [0.3, 0.4) is 0 Å². The zero-order valence-electron chi connectivity index (χ0n) is 15.1. The fourth-order valence-corrected chi connectivity index (χ4v) is 3.73. The molecule has 1 amide bonds. The van der Waals surface area contributed by atoms with Gasteiger partial charge in [-0.05, 0) is 66.4 Å². The lowest BCUT2D eigenvalue weighted by molar-refractivity contribution is 0.0951. The number of thiophene rings is 1. The Morgan fingerprint density at radius 2 is 2.07 bits per heavy atom. The molecule has 0 radical (unpaired) electrons. The summed E-state index contributed by atoms with van der Waals surface area (Å²) in [6.07, 6.45) is 1.72. The Kier molecular flexibility index (Phi) is 6.54. The number of nitrogens with one attached hydrogen (secondary N) is 2. The molecular weight excluding hydrogens is 426 g/mol. The maximum Gasteiger partial charge on any atom is 0.251 e. The minimum absolute atomic E-state index is 0.0985. The number of likely N-dealkylation sites (N-methyl/N-ethyl adjacent to an activating group) is 1. The molecule has 0 aliphatic rings. The molecular formula is C19H20BrN5OS. The average molecular weight is 446 g/mol. The molecule has 0 spiro atoms. The van der Waals surface area contributed by atoms with Crippen LogP contribution in [-0.2, 0) is 0 Å². The first-order valence-corrected chi connectivity index (χ1v) is 10.0. The summed E-state index contributed by atoms with van der Waals surface area (Å²) in [4.78, 5) is 24.2. The van der Waals surface area contributed by atoms with Crippen LogP contribution < -0.4 is 10.6 Å². The summed E-state index contributed by atoms with van der Waals surface area (Å²) in [6, 6.07) is 13.2. The lowest BCUT2D eigenvalue weighted by atomic mass is 10.2. The third-order valence-electron chi connectivity index (χ3n) is 3.71. The molecule has 140 valence electrons. The normalized spacial score (nSPS) is 10.8. The number of carbonyl (C=O) groups excluding carboxylic acids is 1. The maximum atomic E-state index is 12.3. The van der Waals surface area contributed by atoms with Gasteiger partial charge in [-0.15, -0.1) is 11.3 Å². The summed E-state index contributed by atoms with van der Waals surface area (Å²) in [5.74, 6) is 0.390. The molecule has 8 heteroatoms. The molecule has 2 aromatic heterocycles. The van der Waals surface area contributed by atoms with E-state index in [1.165, 1.54) is 0 Å². The summed E-state index contributed by atoms with van der Waals surface area (Å²) in [7, 11) is 3.94. The smallest absolute Gasteiger partial charge is 0.251 e. The highest BCUT2D eigenvalue weighted by Crippen LogP contribution is 2.30. The average Bonchev–Trinajstić information content (AvgIpc) is 3.08. The molecule has 0 fully saturated rings. The number of amides is 1. The second kappa shape index (κ2) is 9.07. The van der Waals surface area contributed by atoms with E-state index < -0.39 is 0 Å². The van der Waals surface area contributed by atoms with Crippen LogP contribution >= 0.6 is 27.3 Å². The van der Waals surface area contributed by atoms with Gasteiger partial charge in [-0.1, -0.05) is 6.07 Å². The molecule has 1 aromatic carbocycles. The Labute approximate surface area is 170 Å². The highest BCUT2D eigenvalue weighted by Gasteiger charge is 2.08. The van der Waals surface area contributed by atoms with Gasteiger partial charge in [0.1, 0.15) is 0 Å². The molecule has 0 atom stereocenters. The maximum absolute atomic E-state index is 12.3. The van der Waals surface area contributed by atoms with Crippen molar-refractivity contribution in [3.63, 3.8) is 0 Å². The Morgan fingerprint density at radius 3 is 2.81 bits per heavy atom. The monoisotopic (exact) mass is 445 g/mol. The summed E-state index contributed by atoms with van der Waals surface area (Å²) >= 11 is 5.08. The molecule has 3 aromatic rings. The number of halogens is 1. The SMILES string of the molecule is CN(C)CCNC(=O)c1cccc(Nc2nccc(-c3ccc(Br)s3)n2)c1. The van der Waals surface area contributed by atoms with Crippen molar-refractivity contribution in [2.45, 2.75) is 0 Å². The molecule has 0 aliphatic heterocycles. The molecule has 0 saturated carbocycles. The molecule has 0 aliphatic carbocycles. The topological polar surface area (TPSA) is 70.2 Å². The van der Waals surface area contributed by atoms with E-state index in [4.69, 9.17) is 0 Å². The van der Waals surface area contributed by atoms with Gasteiger partial charge in [-0.2, -0.15) is 0 Å². The molecule has 2 N–H and O–H groups in total. The van der Waals surface area contributed by atoms with E-state index >= 15 is 0 Å². The minimum Gasteiger partial charge on any atom is -0.351 e. The van der Waals surface area contributed by atoms with Gasteiger partial charge in [-0.3, -0.25) is 4.79 Å². The number of carbonyl (C=O) groups is 1. The molecule has 3 rings (SSSR count). The Morgan fingerprint density at radius 1 is 1.22 bits per heavy atom. The largest absolute Gasteiger partial charge is 0.351 e. The zero-order valence-corrected chi connectivity index (χ0v) is 17.5. The summed E-state index contributed by atoms with van der Waals surface area (Å²) in [5.41, 5.74) is 2.21. The van der Waals surface area contributed by atoms with Crippen LogP contribution in [0.25, 0.3) is 10.6 Å². The first kappa shape index (κ1) is 19.5. The van der Waals surface area contributed by atoms with E-state index in [0.29, 0.717) is 18.1 Å². The van der Waals surface area contributed by atoms with Crippen molar-refractivity contribution in [3.05, 3.63) is 58.0 Å². The lowest BCUT2D eigenvalue weighted by Gasteiger charge is -2.11. The number of aromatic nitrogens is 2. The van der Waals surface area contributed by atoms with Crippen LogP contribution in [-0.4, -0.2) is 48.0 Å². The zero-order chi connectivity index (χ0) is 19.2. The van der Waals surface area contributed by atoms with Gasteiger partial charge in [0, 0.05) is 30.5 Å². The van der Waals surface area contributed by atoms with Crippen molar-refractivity contribution in [2.24, 2.45) is 0 Å². The van der Waals surface area contributed by atoms with Crippen molar-refractivity contribution in [1.29, 1.82) is 0 Å². The van der Waals surface area contributed by atoms with Crippen molar-refractivity contribution in [3.8, 4) is 10.6 Å². The van der Waals surface area contributed by atoms with Gasteiger partial charge < -0.3 is 15.5 Å². The fourth-order valence-electron chi connectivity index (χ4n) is 2.37. The van der Waals surface area contributed by atoms with Gasteiger partial charge in [0.2, 0.25) is 5.95 Å². The number of nitrogens with zero attached hydrogens (tertiary/aromatic N) is 3. The molecule has 2 heterocycles. The number of rotatable bonds is 7. The number of hydrogen-bond acceptors (Lipinski definition) is 6. The van der Waals surface area contributed by atoms with E-state index in [9.17, 15) is 4.79 Å². The van der Waals surface area contributed by atoms with Crippen molar-refractivity contribution < 1.29 is 4.79 Å². The molecule has 0 unspecified atom stereocenters. The summed E-state index contributed by atoms with van der Waals surface area (Å²) in [6.45, 7) is 1.40. The number of anilines is 2. The summed E-state index contributed by atoms with van der Waals surface area (Å²) < 4.78 is 1.05. The van der Waals surface area contributed by atoms with Crippen LogP contribution in [0.2, 0.25) is 0 Å². The third kappa shape index (κ3) is 5.59. The van der Waals surface area contributed by atoms with Crippen LogP contribution in [0.5, 0.6) is 0 Å². The van der Waals surface area contributed by atoms with Gasteiger partial charge in [0.25, 0.3) is 5.91 Å². The predicted molar refractivity (Wildman–Crippen MR) is 114 cm³/mol. The van der Waals surface area contributed by atoms with Crippen LogP contribution in [0, 0.1) is 0 Å².